The summed E-state index contributed by atoms with van der Waals surface area (Å²) in [6.45, 7) is 5.53. The number of nitrogens with zero attached hydrogens (tertiary/aromatic N) is 6. The lowest BCUT2D eigenvalue weighted by molar-refractivity contribution is -0.134. The summed E-state index contributed by atoms with van der Waals surface area (Å²) < 4.78 is 3.88. The van der Waals surface area contributed by atoms with Gasteiger partial charge in [0.05, 0.1) is 6.04 Å². The highest BCUT2D eigenvalue weighted by Gasteiger charge is 2.31. The Morgan fingerprint density at radius 2 is 2.12 bits per heavy atom. The molecular formula is C17H26N6O. The molecule has 7 nitrogen and oxygen atoms in total. The van der Waals surface area contributed by atoms with Crippen LogP contribution in [0.3, 0.4) is 0 Å². The molecule has 0 bridgehead atoms. The summed E-state index contributed by atoms with van der Waals surface area (Å²) in [6.07, 6.45) is 6.82. The average Bonchev–Trinajstić information content (AvgIpc) is 3.20. The maximum atomic E-state index is 12.7. The predicted molar refractivity (Wildman–Crippen MR) is 91.3 cm³/mol. The first kappa shape index (κ1) is 16.7. The van der Waals surface area contributed by atoms with Crippen LogP contribution in [0.5, 0.6) is 0 Å². The molecule has 0 N–H and O–H groups in total. The first-order valence-electron chi connectivity index (χ1n) is 8.56. The highest BCUT2D eigenvalue weighted by Crippen LogP contribution is 2.24. The Morgan fingerprint density at radius 3 is 2.75 bits per heavy atom. The number of carbonyl (C=O) groups excluding carboxylic acids is 1. The zero-order valence-electron chi connectivity index (χ0n) is 14.7. The molecule has 0 saturated carbocycles. The Bertz CT molecular complexity index is 691. The molecule has 0 aliphatic carbocycles. The molecule has 0 unspecified atom stereocenters. The van der Waals surface area contributed by atoms with Crippen molar-refractivity contribution in [2.75, 3.05) is 26.2 Å². The Hall–Kier alpha value is -2.15. The number of likely N-dealkylation sites (N-methyl/N-ethyl adjacent to an activating group) is 1. The van der Waals surface area contributed by atoms with Gasteiger partial charge in [-0.25, -0.2) is 4.98 Å². The lowest BCUT2D eigenvalue weighted by Crippen LogP contribution is -2.51. The standard InChI is InChI=1S/C17H26N6O/c1-4-22-11-12-23(13-15(22)17-18-9-10-20(17)2)16(24)6-5-14-7-8-19-21(14)3/h7-10,15H,4-6,11-13H2,1-3H3/t15-/m0/s1. The molecule has 1 fully saturated rings. The van der Waals surface area contributed by atoms with Crippen LogP contribution in [0.15, 0.2) is 24.7 Å². The van der Waals surface area contributed by atoms with Crippen LogP contribution in [0.4, 0.5) is 0 Å². The number of amides is 1. The van der Waals surface area contributed by atoms with Crippen molar-refractivity contribution in [1.82, 2.24) is 29.1 Å². The zero-order chi connectivity index (χ0) is 17.1. The summed E-state index contributed by atoms with van der Waals surface area (Å²) in [6, 6.07) is 2.14. The Balaban J connectivity index is 1.65. The molecule has 3 heterocycles. The molecule has 24 heavy (non-hydrogen) atoms. The number of rotatable bonds is 5. The number of carbonyl (C=O) groups is 1. The number of aryl methyl sites for hydroxylation is 3. The van der Waals surface area contributed by atoms with E-state index in [1.807, 2.05) is 42.1 Å². The quantitative estimate of drug-likeness (QED) is 0.820. The largest absolute Gasteiger partial charge is 0.339 e. The minimum Gasteiger partial charge on any atom is -0.339 e. The lowest BCUT2D eigenvalue weighted by atomic mass is 10.1. The van der Waals surface area contributed by atoms with E-state index in [-0.39, 0.29) is 11.9 Å². The molecule has 3 rings (SSSR count). The number of imidazole rings is 1. The van der Waals surface area contributed by atoms with Crippen molar-refractivity contribution < 1.29 is 4.79 Å². The van der Waals surface area contributed by atoms with E-state index in [2.05, 4.69) is 26.5 Å². The summed E-state index contributed by atoms with van der Waals surface area (Å²) in [5.74, 6) is 1.24. The van der Waals surface area contributed by atoms with Gasteiger partial charge in [-0.05, 0) is 19.0 Å². The fourth-order valence-corrected chi connectivity index (χ4v) is 3.41. The molecule has 0 radical (unpaired) electrons. The van der Waals surface area contributed by atoms with E-state index >= 15 is 0 Å². The summed E-state index contributed by atoms with van der Waals surface area (Å²) in [5.41, 5.74) is 1.09. The van der Waals surface area contributed by atoms with Gasteiger partial charge in [-0.1, -0.05) is 6.92 Å². The smallest absolute Gasteiger partial charge is 0.223 e. The second-order valence-electron chi connectivity index (χ2n) is 6.33. The summed E-state index contributed by atoms with van der Waals surface area (Å²) in [4.78, 5) is 21.5. The molecule has 0 spiro atoms. The van der Waals surface area contributed by atoms with Gasteiger partial charge in [0.2, 0.25) is 5.91 Å². The Kier molecular flexibility index (Phi) is 4.99. The molecule has 1 saturated heterocycles. The normalized spacial score (nSPS) is 19.0. The first-order valence-corrected chi connectivity index (χ1v) is 8.56. The summed E-state index contributed by atoms with van der Waals surface area (Å²) >= 11 is 0. The minimum absolute atomic E-state index is 0.171. The van der Waals surface area contributed by atoms with Gasteiger partial charge in [-0.15, -0.1) is 0 Å². The van der Waals surface area contributed by atoms with Crippen LogP contribution in [-0.4, -0.2) is 61.2 Å². The predicted octanol–water partition coefficient (Wildman–Crippen LogP) is 0.992. The summed E-state index contributed by atoms with van der Waals surface area (Å²) in [5, 5.41) is 4.16. The summed E-state index contributed by atoms with van der Waals surface area (Å²) in [7, 11) is 3.93. The van der Waals surface area contributed by atoms with E-state index in [9.17, 15) is 4.79 Å². The van der Waals surface area contributed by atoms with E-state index in [4.69, 9.17) is 0 Å². The Labute approximate surface area is 142 Å². The SMILES string of the molecule is CCN1CCN(C(=O)CCc2ccnn2C)C[C@H]1c1nccn1C. The average molecular weight is 330 g/mol. The maximum absolute atomic E-state index is 12.7. The van der Waals surface area contributed by atoms with Gasteiger partial charge in [-0.3, -0.25) is 14.4 Å². The second-order valence-corrected chi connectivity index (χ2v) is 6.33. The number of aromatic nitrogens is 4. The number of piperazine rings is 1. The van der Waals surface area contributed by atoms with Crippen LogP contribution in [0.1, 0.15) is 30.9 Å². The van der Waals surface area contributed by atoms with Crippen LogP contribution in [-0.2, 0) is 25.3 Å². The van der Waals surface area contributed by atoms with Crippen molar-refractivity contribution in [2.45, 2.75) is 25.8 Å². The second kappa shape index (κ2) is 7.17. The van der Waals surface area contributed by atoms with Crippen molar-refractivity contribution >= 4 is 5.91 Å². The molecular weight excluding hydrogens is 304 g/mol. The molecule has 1 amide bonds. The van der Waals surface area contributed by atoms with E-state index in [1.165, 1.54) is 0 Å². The molecule has 7 heteroatoms. The molecule has 2 aromatic heterocycles. The van der Waals surface area contributed by atoms with E-state index in [1.54, 1.807) is 6.20 Å². The van der Waals surface area contributed by atoms with Crippen LogP contribution in [0.25, 0.3) is 0 Å². The fourth-order valence-electron chi connectivity index (χ4n) is 3.41. The van der Waals surface area contributed by atoms with Crippen molar-refractivity contribution in [3.05, 3.63) is 36.2 Å². The first-order chi connectivity index (χ1) is 11.6. The van der Waals surface area contributed by atoms with Crippen LogP contribution in [0.2, 0.25) is 0 Å². The third-order valence-corrected chi connectivity index (χ3v) is 4.92. The van der Waals surface area contributed by atoms with Gasteiger partial charge in [0, 0.05) is 64.4 Å². The van der Waals surface area contributed by atoms with E-state index in [0.717, 1.165) is 37.6 Å². The van der Waals surface area contributed by atoms with E-state index < -0.39 is 0 Å². The maximum Gasteiger partial charge on any atom is 0.223 e. The van der Waals surface area contributed by atoms with Crippen molar-refractivity contribution in [3.8, 4) is 0 Å². The molecule has 1 aliphatic rings. The van der Waals surface area contributed by atoms with Crippen LogP contribution >= 0.6 is 0 Å². The van der Waals surface area contributed by atoms with Crippen molar-refractivity contribution in [1.29, 1.82) is 0 Å². The van der Waals surface area contributed by atoms with Gasteiger partial charge in [0.25, 0.3) is 0 Å². The van der Waals surface area contributed by atoms with Crippen LogP contribution < -0.4 is 0 Å². The van der Waals surface area contributed by atoms with Gasteiger partial charge >= 0.3 is 0 Å². The lowest BCUT2D eigenvalue weighted by Gasteiger charge is -2.40. The molecule has 1 atom stereocenters. The van der Waals surface area contributed by atoms with Crippen LogP contribution in [0, 0.1) is 0 Å². The number of hydrogen-bond donors (Lipinski definition) is 0. The highest BCUT2D eigenvalue weighted by molar-refractivity contribution is 5.76. The van der Waals surface area contributed by atoms with Gasteiger partial charge in [-0.2, -0.15) is 5.10 Å². The Morgan fingerprint density at radius 1 is 1.29 bits per heavy atom. The highest BCUT2D eigenvalue weighted by atomic mass is 16.2. The minimum atomic E-state index is 0.171. The van der Waals surface area contributed by atoms with Gasteiger partial charge in [0.15, 0.2) is 0 Å². The molecule has 0 aromatic carbocycles. The van der Waals surface area contributed by atoms with E-state index in [0.29, 0.717) is 13.0 Å². The fraction of sp³-hybridized carbons (Fsp3) is 0.588. The topological polar surface area (TPSA) is 59.2 Å². The van der Waals surface area contributed by atoms with Gasteiger partial charge < -0.3 is 9.47 Å². The molecule has 1 aliphatic heterocycles. The van der Waals surface area contributed by atoms with Gasteiger partial charge in [0.1, 0.15) is 5.82 Å². The van der Waals surface area contributed by atoms with Crippen molar-refractivity contribution in [2.24, 2.45) is 14.1 Å². The zero-order valence-corrected chi connectivity index (χ0v) is 14.7. The van der Waals surface area contributed by atoms with Crippen molar-refractivity contribution in [3.63, 3.8) is 0 Å². The number of hydrogen-bond acceptors (Lipinski definition) is 4. The molecule has 130 valence electrons. The third kappa shape index (κ3) is 3.36. The third-order valence-electron chi connectivity index (χ3n) is 4.92. The molecule has 2 aromatic rings. The monoisotopic (exact) mass is 330 g/mol.